The Kier molecular flexibility index (Phi) is 4.92. The van der Waals surface area contributed by atoms with Gasteiger partial charge in [0.05, 0.1) is 11.2 Å². The molecule has 1 aromatic carbocycles. The summed E-state index contributed by atoms with van der Waals surface area (Å²) in [5.74, 6) is 0.635. The normalized spacial score (nSPS) is 20.8. The monoisotopic (exact) mass is 445 g/mol. The average Bonchev–Trinajstić information content (AvgIpc) is 3.59. The summed E-state index contributed by atoms with van der Waals surface area (Å²) in [4.78, 5) is 19.0. The summed E-state index contributed by atoms with van der Waals surface area (Å²) in [7, 11) is 0. The van der Waals surface area contributed by atoms with E-state index in [1.165, 1.54) is 0 Å². The van der Waals surface area contributed by atoms with E-state index in [1.807, 2.05) is 15.6 Å². The van der Waals surface area contributed by atoms with Crippen molar-refractivity contribution in [2.75, 3.05) is 50.7 Å². The molecule has 7 nitrogen and oxygen atoms in total. The first-order chi connectivity index (χ1) is 16.0. The number of carbonyl (C=O) groups is 1. The molecule has 1 saturated carbocycles. The molecule has 6 rings (SSSR count). The van der Waals surface area contributed by atoms with Gasteiger partial charge < -0.3 is 14.9 Å². The molecule has 3 aliphatic rings. The van der Waals surface area contributed by atoms with Crippen LogP contribution in [0.25, 0.3) is 16.6 Å². The van der Waals surface area contributed by atoms with Crippen molar-refractivity contribution in [2.45, 2.75) is 25.4 Å². The largest absolute Gasteiger partial charge is 0.382 e. The Bertz CT molecular complexity index is 1170. The number of anilines is 1. The fourth-order valence-electron chi connectivity index (χ4n) is 5.25. The third-order valence-electron chi connectivity index (χ3n) is 7.52. The Balaban J connectivity index is 1.21. The number of hydrogen-bond acceptors (Lipinski definition) is 5. The van der Waals surface area contributed by atoms with E-state index in [0.29, 0.717) is 24.9 Å². The van der Waals surface area contributed by atoms with Crippen LogP contribution in [-0.2, 0) is 10.4 Å². The topological polar surface area (TPSA) is 64.3 Å². The number of fused-ring (bicyclic) bond motifs is 1. The zero-order valence-electron chi connectivity index (χ0n) is 19.2. The standard InChI is InChI=1S/C26H31N5O2/c1-2-28-17-26(33,18-28)22-7-5-19(6-8-22)21-15-24-23(9-10-27-31(24)16-21)29-11-13-30(14-12-29)25(32)20-3-4-20/h5-10,15-16,20,33H,2-4,11-14,17-18H2,1H3. The number of hydrogen-bond donors (Lipinski definition) is 1. The van der Waals surface area contributed by atoms with Crippen molar-refractivity contribution in [3.05, 3.63) is 54.4 Å². The lowest BCUT2D eigenvalue weighted by Crippen LogP contribution is -2.58. The lowest BCUT2D eigenvalue weighted by Gasteiger charge is -2.46. The van der Waals surface area contributed by atoms with Gasteiger partial charge in [-0.3, -0.25) is 9.69 Å². The molecule has 0 unspecified atom stereocenters. The lowest BCUT2D eigenvalue weighted by atomic mass is 9.85. The molecule has 7 heteroatoms. The highest BCUT2D eigenvalue weighted by molar-refractivity contribution is 5.82. The second-order valence-corrected chi connectivity index (χ2v) is 9.77. The number of nitrogens with zero attached hydrogens (tertiary/aromatic N) is 5. The van der Waals surface area contributed by atoms with Crippen molar-refractivity contribution in [3.8, 4) is 11.1 Å². The van der Waals surface area contributed by atoms with Gasteiger partial charge in [-0.2, -0.15) is 5.10 Å². The number of likely N-dealkylation sites (N-methyl/N-ethyl adjacent to an activating group) is 1. The van der Waals surface area contributed by atoms with Gasteiger partial charge in [-0.25, -0.2) is 4.52 Å². The van der Waals surface area contributed by atoms with Gasteiger partial charge in [-0.15, -0.1) is 0 Å². The minimum atomic E-state index is -0.724. The number of rotatable bonds is 5. The molecule has 4 heterocycles. The fraction of sp³-hybridized carbons (Fsp3) is 0.462. The summed E-state index contributed by atoms with van der Waals surface area (Å²) in [5, 5.41) is 15.4. The van der Waals surface area contributed by atoms with Crippen LogP contribution in [0.4, 0.5) is 5.69 Å². The van der Waals surface area contributed by atoms with Crippen LogP contribution in [0.5, 0.6) is 0 Å². The molecule has 0 bridgehead atoms. The van der Waals surface area contributed by atoms with E-state index in [2.05, 4.69) is 64.4 Å². The second kappa shape index (κ2) is 7.85. The van der Waals surface area contributed by atoms with Crippen LogP contribution in [0.1, 0.15) is 25.3 Å². The predicted octanol–water partition coefficient (Wildman–Crippen LogP) is 2.58. The van der Waals surface area contributed by atoms with Crippen LogP contribution in [0.2, 0.25) is 0 Å². The Morgan fingerprint density at radius 3 is 2.45 bits per heavy atom. The molecular formula is C26H31N5O2. The van der Waals surface area contributed by atoms with Crippen LogP contribution in [0.15, 0.2) is 48.8 Å². The first-order valence-electron chi connectivity index (χ1n) is 12.1. The smallest absolute Gasteiger partial charge is 0.225 e. The fourth-order valence-corrected chi connectivity index (χ4v) is 5.25. The molecule has 2 saturated heterocycles. The average molecular weight is 446 g/mol. The van der Waals surface area contributed by atoms with E-state index in [0.717, 1.165) is 73.5 Å². The van der Waals surface area contributed by atoms with E-state index in [4.69, 9.17) is 0 Å². The van der Waals surface area contributed by atoms with Crippen LogP contribution in [-0.4, -0.2) is 76.2 Å². The number of carbonyl (C=O) groups excluding carboxylic acids is 1. The Hall–Kier alpha value is -2.90. The van der Waals surface area contributed by atoms with E-state index < -0.39 is 5.60 Å². The molecule has 172 valence electrons. The lowest BCUT2D eigenvalue weighted by molar-refractivity contribution is -0.132. The summed E-state index contributed by atoms with van der Waals surface area (Å²) < 4.78 is 1.94. The third-order valence-corrected chi connectivity index (χ3v) is 7.52. The molecule has 2 aromatic heterocycles. The van der Waals surface area contributed by atoms with E-state index in [9.17, 15) is 9.90 Å². The molecule has 1 aliphatic carbocycles. The molecule has 3 aromatic rings. The predicted molar refractivity (Wildman–Crippen MR) is 128 cm³/mol. The zero-order valence-corrected chi connectivity index (χ0v) is 19.2. The van der Waals surface area contributed by atoms with Crippen LogP contribution < -0.4 is 4.90 Å². The number of likely N-dealkylation sites (tertiary alicyclic amines) is 1. The van der Waals surface area contributed by atoms with Crippen molar-refractivity contribution < 1.29 is 9.90 Å². The van der Waals surface area contributed by atoms with Gasteiger partial charge in [0.1, 0.15) is 5.60 Å². The number of amides is 1. The van der Waals surface area contributed by atoms with Crippen molar-refractivity contribution in [3.63, 3.8) is 0 Å². The summed E-state index contributed by atoms with van der Waals surface area (Å²) in [6, 6.07) is 12.6. The zero-order chi connectivity index (χ0) is 22.6. The van der Waals surface area contributed by atoms with Gasteiger partial charge in [0.15, 0.2) is 0 Å². The van der Waals surface area contributed by atoms with Gasteiger partial charge in [0.25, 0.3) is 0 Å². The SMILES string of the molecule is CCN1CC(O)(c2ccc(-c3cc4c(N5CCN(C(=O)C6CC6)CC5)ccnn4c3)cc2)C1. The Labute approximate surface area is 194 Å². The third kappa shape index (κ3) is 3.69. The van der Waals surface area contributed by atoms with Gasteiger partial charge in [0, 0.05) is 63.1 Å². The van der Waals surface area contributed by atoms with Crippen LogP contribution in [0, 0.1) is 5.92 Å². The molecule has 1 N–H and O–H groups in total. The first kappa shape index (κ1) is 20.7. The summed E-state index contributed by atoms with van der Waals surface area (Å²) in [6.45, 7) is 7.77. The Morgan fingerprint density at radius 1 is 1.06 bits per heavy atom. The van der Waals surface area contributed by atoms with Crippen molar-refractivity contribution >= 4 is 17.1 Å². The highest BCUT2D eigenvalue weighted by Crippen LogP contribution is 2.35. The molecule has 1 amide bonds. The maximum atomic E-state index is 12.4. The minimum Gasteiger partial charge on any atom is -0.382 e. The van der Waals surface area contributed by atoms with Gasteiger partial charge in [-0.1, -0.05) is 31.2 Å². The Morgan fingerprint density at radius 2 is 1.79 bits per heavy atom. The quantitative estimate of drug-likeness (QED) is 0.654. The van der Waals surface area contributed by atoms with E-state index in [-0.39, 0.29) is 0 Å². The molecule has 0 radical (unpaired) electrons. The summed E-state index contributed by atoms with van der Waals surface area (Å²) in [6.07, 6.45) is 6.04. The number of benzene rings is 1. The van der Waals surface area contributed by atoms with Crippen molar-refractivity contribution in [2.24, 2.45) is 5.92 Å². The highest BCUT2D eigenvalue weighted by atomic mass is 16.3. The number of β-amino-alcohol motifs (C(OH)–C–C–N with tert-alkyl or cyclic N) is 1. The van der Waals surface area contributed by atoms with Crippen molar-refractivity contribution in [1.82, 2.24) is 19.4 Å². The van der Waals surface area contributed by atoms with Crippen molar-refractivity contribution in [1.29, 1.82) is 0 Å². The van der Waals surface area contributed by atoms with Gasteiger partial charge in [0.2, 0.25) is 5.91 Å². The molecule has 0 spiro atoms. The minimum absolute atomic E-state index is 0.291. The molecule has 0 atom stereocenters. The van der Waals surface area contributed by atoms with Crippen LogP contribution >= 0.6 is 0 Å². The second-order valence-electron chi connectivity index (χ2n) is 9.77. The van der Waals surface area contributed by atoms with Gasteiger partial charge in [-0.05, 0) is 42.6 Å². The highest BCUT2D eigenvalue weighted by Gasteiger charge is 2.41. The summed E-state index contributed by atoms with van der Waals surface area (Å²) >= 11 is 0. The van der Waals surface area contributed by atoms with Gasteiger partial charge >= 0.3 is 0 Å². The van der Waals surface area contributed by atoms with Crippen LogP contribution in [0.3, 0.4) is 0 Å². The van der Waals surface area contributed by atoms with E-state index >= 15 is 0 Å². The molecule has 3 fully saturated rings. The number of aromatic nitrogens is 2. The molecule has 33 heavy (non-hydrogen) atoms. The number of aliphatic hydroxyl groups is 1. The maximum Gasteiger partial charge on any atom is 0.225 e. The maximum absolute atomic E-state index is 12.4. The summed E-state index contributed by atoms with van der Waals surface area (Å²) in [5.41, 5.74) is 4.73. The van der Waals surface area contributed by atoms with E-state index in [1.54, 1.807) is 0 Å². The molecule has 2 aliphatic heterocycles. The first-order valence-corrected chi connectivity index (χ1v) is 12.1. The number of piperazine rings is 1. The molecular weight excluding hydrogens is 414 g/mol.